The van der Waals surface area contributed by atoms with Crippen molar-refractivity contribution in [3.8, 4) is 11.5 Å². The first-order valence-electron chi connectivity index (χ1n) is 8.86. The molecule has 0 unspecified atom stereocenters. The minimum Gasteiger partial charge on any atom is -0.494 e. The molecule has 1 saturated heterocycles. The lowest BCUT2D eigenvalue weighted by atomic mass is 10.1. The van der Waals surface area contributed by atoms with Gasteiger partial charge in [-0.15, -0.1) is 0 Å². The quantitative estimate of drug-likeness (QED) is 0.328. The Labute approximate surface area is 161 Å². The lowest BCUT2D eigenvalue weighted by Crippen LogP contribution is -2.27. The molecule has 28 heavy (non-hydrogen) atoms. The molecule has 8 nitrogen and oxygen atoms in total. The molecule has 0 N–H and O–H groups in total. The van der Waals surface area contributed by atoms with E-state index in [2.05, 4.69) is 0 Å². The minimum atomic E-state index is -0.627. The van der Waals surface area contributed by atoms with Gasteiger partial charge < -0.3 is 14.4 Å². The highest BCUT2D eigenvalue weighted by Gasteiger charge is 2.37. The molecule has 2 aromatic carbocycles. The Bertz CT molecular complexity index is 909. The van der Waals surface area contributed by atoms with E-state index in [0.717, 1.165) is 12.0 Å². The number of carbonyl (C=O) groups excluding carboxylic acids is 2. The van der Waals surface area contributed by atoms with Gasteiger partial charge in [-0.1, -0.05) is 19.1 Å². The lowest BCUT2D eigenvalue weighted by Gasteiger charge is -2.19. The Morgan fingerprint density at radius 1 is 1.25 bits per heavy atom. The van der Waals surface area contributed by atoms with Crippen LogP contribution in [0, 0.1) is 16.0 Å². The number of carbonyl (C=O) groups is 2. The number of nitrogens with zero attached hydrogens (tertiary/aromatic N) is 2. The maximum absolute atomic E-state index is 12.5. The fourth-order valence-electron chi connectivity index (χ4n) is 3.09. The van der Waals surface area contributed by atoms with Crippen molar-refractivity contribution in [2.75, 3.05) is 18.6 Å². The average molecular weight is 384 g/mol. The van der Waals surface area contributed by atoms with Gasteiger partial charge in [-0.2, -0.15) is 0 Å². The zero-order valence-electron chi connectivity index (χ0n) is 15.6. The SMILES string of the molecule is CCc1ccc(OC(=O)[C@H]2CC(=O)N(c3ccc([N+](=O)[O-])cc3OC)C2)cc1. The average Bonchev–Trinajstić information content (AvgIpc) is 3.09. The summed E-state index contributed by atoms with van der Waals surface area (Å²) in [4.78, 5) is 36.7. The van der Waals surface area contributed by atoms with Crippen molar-refractivity contribution < 1.29 is 24.0 Å². The molecule has 1 atom stereocenters. The predicted octanol–water partition coefficient (Wildman–Crippen LogP) is 3.12. The number of esters is 1. The number of methoxy groups -OCH3 is 1. The number of ether oxygens (including phenoxy) is 2. The predicted molar refractivity (Wildman–Crippen MR) is 102 cm³/mol. The van der Waals surface area contributed by atoms with Gasteiger partial charge in [0, 0.05) is 19.0 Å². The maximum atomic E-state index is 12.5. The Balaban J connectivity index is 1.74. The first-order valence-corrected chi connectivity index (χ1v) is 8.86. The van der Waals surface area contributed by atoms with Crippen LogP contribution in [-0.4, -0.2) is 30.5 Å². The number of non-ortho nitro benzene ring substituents is 1. The fourth-order valence-corrected chi connectivity index (χ4v) is 3.09. The van der Waals surface area contributed by atoms with Crippen LogP contribution in [0.25, 0.3) is 0 Å². The van der Waals surface area contributed by atoms with Crippen molar-refractivity contribution in [3.63, 3.8) is 0 Å². The van der Waals surface area contributed by atoms with Crippen LogP contribution in [0.1, 0.15) is 18.9 Å². The number of hydrogen-bond acceptors (Lipinski definition) is 6. The summed E-state index contributed by atoms with van der Waals surface area (Å²) in [6.07, 6.45) is 0.892. The topological polar surface area (TPSA) is 99.0 Å². The standard InChI is InChI=1S/C20H20N2O6/c1-3-13-4-7-16(8-5-13)28-20(24)14-10-19(23)21(12-14)17-9-6-15(22(25)26)11-18(17)27-2/h4-9,11,14H,3,10,12H2,1-2H3/t14-/m0/s1. The van der Waals surface area contributed by atoms with E-state index in [0.29, 0.717) is 11.4 Å². The second-order valence-electron chi connectivity index (χ2n) is 6.44. The summed E-state index contributed by atoms with van der Waals surface area (Å²) in [5, 5.41) is 10.9. The highest BCUT2D eigenvalue weighted by atomic mass is 16.6. The van der Waals surface area contributed by atoms with Crippen LogP contribution in [-0.2, 0) is 16.0 Å². The summed E-state index contributed by atoms with van der Waals surface area (Å²) >= 11 is 0. The van der Waals surface area contributed by atoms with E-state index in [4.69, 9.17) is 9.47 Å². The summed E-state index contributed by atoms with van der Waals surface area (Å²) in [5.74, 6) is -0.748. The second kappa shape index (κ2) is 8.08. The van der Waals surface area contributed by atoms with Gasteiger partial charge >= 0.3 is 5.97 Å². The highest BCUT2D eigenvalue weighted by Crippen LogP contribution is 2.36. The summed E-state index contributed by atoms with van der Waals surface area (Å²) in [6.45, 7) is 2.16. The zero-order chi connectivity index (χ0) is 20.3. The third-order valence-corrected chi connectivity index (χ3v) is 4.67. The van der Waals surface area contributed by atoms with Gasteiger partial charge in [-0.25, -0.2) is 0 Å². The van der Waals surface area contributed by atoms with Crippen molar-refractivity contribution in [3.05, 3.63) is 58.1 Å². The van der Waals surface area contributed by atoms with Crippen LogP contribution in [0.2, 0.25) is 0 Å². The van der Waals surface area contributed by atoms with Crippen LogP contribution < -0.4 is 14.4 Å². The molecule has 2 aromatic rings. The van der Waals surface area contributed by atoms with Gasteiger partial charge in [0.05, 0.1) is 29.7 Å². The van der Waals surface area contributed by atoms with Gasteiger partial charge in [0.25, 0.3) is 5.69 Å². The third kappa shape index (κ3) is 3.95. The fraction of sp³-hybridized carbons (Fsp3) is 0.300. The molecule has 1 amide bonds. The number of rotatable bonds is 6. The van der Waals surface area contributed by atoms with E-state index in [1.54, 1.807) is 12.1 Å². The normalized spacial score (nSPS) is 16.1. The van der Waals surface area contributed by atoms with E-state index >= 15 is 0 Å². The smallest absolute Gasteiger partial charge is 0.316 e. The first-order chi connectivity index (χ1) is 13.4. The highest BCUT2D eigenvalue weighted by molar-refractivity contribution is 6.00. The van der Waals surface area contributed by atoms with E-state index in [9.17, 15) is 19.7 Å². The molecule has 0 aromatic heterocycles. The van der Waals surface area contributed by atoms with Crippen molar-refractivity contribution >= 4 is 23.3 Å². The van der Waals surface area contributed by atoms with Gasteiger partial charge in [0.2, 0.25) is 5.91 Å². The summed E-state index contributed by atoms with van der Waals surface area (Å²) in [5.41, 5.74) is 1.38. The Hall–Kier alpha value is -3.42. The van der Waals surface area contributed by atoms with Crippen LogP contribution in [0.3, 0.4) is 0 Å². The van der Waals surface area contributed by atoms with Crippen LogP contribution in [0.5, 0.6) is 11.5 Å². The summed E-state index contributed by atoms with van der Waals surface area (Å²) < 4.78 is 10.6. The van der Waals surface area contributed by atoms with E-state index in [1.807, 2.05) is 19.1 Å². The molecule has 0 aliphatic carbocycles. The van der Waals surface area contributed by atoms with Crippen molar-refractivity contribution in [2.24, 2.45) is 5.92 Å². The molecule has 146 valence electrons. The third-order valence-electron chi connectivity index (χ3n) is 4.67. The molecule has 8 heteroatoms. The molecule has 1 aliphatic heterocycles. The van der Waals surface area contributed by atoms with Crippen molar-refractivity contribution in [1.82, 2.24) is 0 Å². The number of nitro benzene ring substituents is 1. The molecule has 1 aliphatic rings. The number of aryl methyl sites for hydroxylation is 1. The first kappa shape index (κ1) is 19.3. The van der Waals surface area contributed by atoms with Crippen molar-refractivity contribution in [2.45, 2.75) is 19.8 Å². The Morgan fingerprint density at radius 3 is 2.57 bits per heavy atom. The molecule has 1 fully saturated rings. The molecule has 1 heterocycles. The minimum absolute atomic E-state index is 0.00597. The maximum Gasteiger partial charge on any atom is 0.316 e. The molecule has 3 rings (SSSR count). The molecule has 0 spiro atoms. The molecule has 0 saturated carbocycles. The van der Waals surface area contributed by atoms with Gasteiger partial charge in [-0.3, -0.25) is 19.7 Å². The van der Waals surface area contributed by atoms with Crippen molar-refractivity contribution in [1.29, 1.82) is 0 Å². The summed E-state index contributed by atoms with van der Waals surface area (Å²) in [6, 6.07) is 11.2. The number of benzene rings is 2. The van der Waals surface area contributed by atoms with Gasteiger partial charge in [-0.05, 0) is 30.2 Å². The van der Waals surface area contributed by atoms with Crippen LogP contribution >= 0.6 is 0 Å². The molecule has 0 bridgehead atoms. The zero-order valence-corrected chi connectivity index (χ0v) is 15.6. The lowest BCUT2D eigenvalue weighted by molar-refractivity contribution is -0.384. The van der Waals surface area contributed by atoms with E-state index < -0.39 is 16.8 Å². The monoisotopic (exact) mass is 384 g/mol. The Morgan fingerprint density at radius 2 is 1.96 bits per heavy atom. The van der Waals surface area contributed by atoms with Gasteiger partial charge in [0.1, 0.15) is 11.5 Å². The molecular weight excluding hydrogens is 364 g/mol. The number of anilines is 1. The second-order valence-corrected chi connectivity index (χ2v) is 6.44. The number of amides is 1. The van der Waals surface area contributed by atoms with Crippen LogP contribution in [0.15, 0.2) is 42.5 Å². The van der Waals surface area contributed by atoms with E-state index in [-0.39, 0.29) is 30.3 Å². The Kier molecular flexibility index (Phi) is 5.58. The van der Waals surface area contributed by atoms with Crippen LogP contribution in [0.4, 0.5) is 11.4 Å². The van der Waals surface area contributed by atoms with Gasteiger partial charge in [0.15, 0.2) is 0 Å². The van der Waals surface area contributed by atoms with E-state index in [1.165, 1.54) is 30.2 Å². The molecular formula is C20H20N2O6. The summed E-state index contributed by atoms with van der Waals surface area (Å²) in [7, 11) is 1.37. The number of nitro groups is 1. The number of hydrogen-bond donors (Lipinski definition) is 0. The largest absolute Gasteiger partial charge is 0.494 e. The molecule has 0 radical (unpaired) electrons.